The van der Waals surface area contributed by atoms with E-state index in [1.165, 1.54) is 12.1 Å². The molecule has 1 aromatic rings. The summed E-state index contributed by atoms with van der Waals surface area (Å²) >= 11 is 3.11. The number of rotatable bonds is 5. The molecular formula is C13H12BrNO6. The van der Waals surface area contributed by atoms with Crippen molar-refractivity contribution >= 4 is 39.5 Å². The van der Waals surface area contributed by atoms with E-state index < -0.39 is 17.9 Å². The molecule has 0 aliphatic rings. The van der Waals surface area contributed by atoms with Crippen molar-refractivity contribution < 1.29 is 29.0 Å². The zero-order valence-corrected chi connectivity index (χ0v) is 12.8. The molecule has 0 saturated heterocycles. The van der Waals surface area contributed by atoms with Gasteiger partial charge in [0.1, 0.15) is 5.70 Å². The first-order chi connectivity index (χ1) is 9.90. The number of ether oxygens (including phenoxy) is 2. The van der Waals surface area contributed by atoms with Crippen LogP contribution in [0.2, 0.25) is 0 Å². The van der Waals surface area contributed by atoms with Gasteiger partial charge in [-0.1, -0.05) is 6.07 Å². The third-order valence-electron chi connectivity index (χ3n) is 2.37. The predicted molar refractivity (Wildman–Crippen MR) is 76.8 cm³/mol. The average Bonchev–Trinajstić information content (AvgIpc) is 2.45. The fourth-order valence-electron chi connectivity index (χ4n) is 1.42. The van der Waals surface area contributed by atoms with Gasteiger partial charge < -0.3 is 19.9 Å². The van der Waals surface area contributed by atoms with Crippen LogP contribution >= 0.6 is 15.9 Å². The molecule has 2 N–H and O–H groups in total. The molecule has 0 heterocycles. The Kier molecular flexibility index (Phi) is 5.92. The molecule has 0 atom stereocenters. The van der Waals surface area contributed by atoms with E-state index in [-0.39, 0.29) is 16.9 Å². The first-order valence-corrected chi connectivity index (χ1v) is 6.36. The molecule has 0 bridgehead atoms. The summed E-state index contributed by atoms with van der Waals surface area (Å²) in [6.45, 7) is 0. The van der Waals surface area contributed by atoms with Crippen molar-refractivity contribution in [3.63, 3.8) is 0 Å². The van der Waals surface area contributed by atoms with Crippen molar-refractivity contribution in [2.24, 2.45) is 0 Å². The van der Waals surface area contributed by atoms with Crippen molar-refractivity contribution in [1.29, 1.82) is 0 Å². The maximum Gasteiger partial charge on any atom is 0.354 e. The van der Waals surface area contributed by atoms with Gasteiger partial charge in [-0.15, -0.1) is 0 Å². The number of esters is 2. The molecule has 8 heteroatoms. The summed E-state index contributed by atoms with van der Waals surface area (Å²) in [5.41, 5.74) is -0.209. The number of hydrogen-bond acceptors (Lipinski definition) is 6. The van der Waals surface area contributed by atoms with Crippen LogP contribution in [-0.4, -0.2) is 37.2 Å². The minimum Gasteiger partial charge on any atom is -0.478 e. The smallest absolute Gasteiger partial charge is 0.354 e. The van der Waals surface area contributed by atoms with Crippen molar-refractivity contribution in [2.45, 2.75) is 0 Å². The number of benzene rings is 1. The maximum atomic E-state index is 11.6. The number of nitrogens with one attached hydrogen (secondary N) is 1. The summed E-state index contributed by atoms with van der Waals surface area (Å²) in [5.74, 6) is -2.82. The van der Waals surface area contributed by atoms with Crippen LogP contribution in [0.25, 0.3) is 0 Å². The SMILES string of the molecule is COC(=O)/C=C(/Nc1cccc(Br)c1C(=O)O)C(=O)OC. The molecule has 0 unspecified atom stereocenters. The molecule has 112 valence electrons. The highest BCUT2D eigenvalue weighted by Gasteiger charge is 2.18. The minimum atomic E-state index is -1.20. The molecule has 1 aromatic carbocycles. The van der Waals surface area contributed by atoms with Gasteiger partial charge in [0.25, 0.3) is 0 Å². The summed E-state index contributed by atoms with van der Waals surface area (Å²) < 4.78 is 9.27. The molecular weight excluding hydrogens is 346 g/mol. The van der Waals surface area contributed by atoms with Crippen LogP contribution in [0.4, 0.5) is 5.69 Å². The van der Waals surface area contributed by atoms with Crippen LogP contribution in [0.5, 0.6) is 0 Å². The predicted octanol–water partition coefficient (Wildman–Crippen LogP) is 1.79. The molecule has 0 aromatic heterocycles. The fraction of sp³-hybridized carbons (Fsp3) is 0.154. The zero-order chi connectivity index (χ0) is 16.0. The highest BCUT2D eigenvalue weighted by Crippen LogP contribution is 2.26. The van der Waals surface area contributed by atoms with E-state index in [0.717, 1.165) is 20.3 Å². The summed E-state index contributed by atoms with van der Waals surface area (Å²) in [6.07, 6.45) is 0.873. The Morgan fingerprint density at radius 2 is 1.90 bits per heavy atom. The highest BCUT2D eigenvalue weighted by atomic mass is 79.9. The van der Waals surface area contributed by atoms with Gasteiger partial charge in [-0.3, -0.25) is 0 Å². The topological polar surface area (TPSA) is 102 Å². The summed E-state index contributed by atoms with van der Waals surface area (Å²) in [6, 6.07) is 4.56. The zero-order valence-electron chi connectivity index (χ0n) is 11.2. The van der Waals surface area contributed by atoms with Crippen LogP contribution < -0.4 is 5.32 Å². The molecule has 0 aliphatic carbocycles. The minimum absolute atomic E-state index is 0.0860. The van der Waals surface area contributed by atoms with E-state index >= 15 is 0 Å². The number of carboxylic acid groups (broad SMARTS) is 1. The first kappa shape index (κ1) is 16.7. The number of anilines is 1. The molecule has 0 spiro atoms. The van der Waals surface area contributed by atoms with Crippen molar-refractivity contribution in [3.05, 3.63) is 40.0 Å². The number of carbonyl (C=O) groups excluding carboxylic acids is 2. The van der Waals surface area contributed by atoms with E-state index in [2.05, 4.69) is 30.7 Å². The second-order valence-electron chi connectivity index (χ2n) is 3.67. The third kappa shape index (κ3) is 4.32. The lowest BCUT2D eigenvalue weighted by Crippen LogP contribution is -2.17. The highest BCUT2D eigenvalue weighted by molar-refractivity contribution is 9.10. The molecule has 7 nitrogen and oxygen atoms in total. The number of methoxy groups -OCH3 is 2. The Bertz CT molecular complexity index is 611. The number of carbonyl (C=O) groups is 3. The standard InChI is InChI=1S/C13H12BrNO6/c1-20-10(16)6-9(13(19)21-2)15-8-5-3-4-7(14)11(8)12(17)18/h3-6,15H,1-2H3,(H,17,18)/b9-6+. The van der Waals surface area contributed by atoms with Crippen molar-refractivity contribution in [3.8, 4) is 0 Å². The van der Waals surface area contributed by atoms with E-state index in [1.54, 1.807) is 6.07 Å². The van der Waals surface area contributed by atoms with Crippen LogP contribution in [0.1, 0.15) is 10.4 Å². The quantitative estimate of drug-likeness (QED) is 0.611. The second kappa shape index (κ2) is 7.44. The fourth-order valence-corrected chi connectivity index (χ4v) is 1.96. The maximum absolute atomic E-state index is 11.6. The van der Waals surface area contributed by atoms with Gasteiger partial charge in [-0.2, -0.15) is 0 Å². The molecule has 21 heavy (non-hydrogen) atoms. The molecule has 0 saturated carbocycles. The molecule has 0 radical (unpaired) electrons. The molecule has 0 fully saturated rings. The number of carboxylic acids is 1. The van der Waals surface area contributed by atoms with E-state index in [4.69, 9.17) is 0 Å². The average molecular weight is 358 g/mol. The number of halogens is 1. The Hall–Kier alpha value is -2.35. The van der Waals surface area contributed by atoms with Crippen LogP contribution in [0.15, 0.2) is 34.4 Å². The van der Waals surface area contributed by atoms with E-state index in [0.29, 0.717) is 4.47 Å². The van der Waals surface area contributed by atoms with Crippen LogP contribution in [-0.2, 0) is 19.1 Å². The van der Waals surface area contributed by atoms with Gasteiger partial charge in [0.2, 0.25) is 0 Å². The monoisotopic (exact) mass is 357 g/mol. The van der Waals surface area contributed by atoms with Gasteiger partial charge in [0.05, 0.1) is 31.5 Å². The lowest BCUT2D eigenvalue weighted by atomic mass is 10.1. The lowest BCUT2D eigenvalue weighted by molar-refractivity contribution is -0.138. The van der Waals surface area contributed by atoms with Gasteiger partial charge in [-0.25, -0.2) is 14.4 Å². The van der Waals surface area contributed by atoms with Gasteiger partial charge in [0, 0.05) is 4.47 Å². The number of aromatic carboxylic acids is 1. The van der Waals surface area contributed by atoms with Crippen LogP contribution in [0.3, 0.4) is 0 Å². The number of hydrogen-bond donors (Lipinski definition) is 2. The van der Waals surface area contributed by atoms with Gasteiger partial charge >= 0.3 is 17.9 Å². The Labute approximate surface area is 128 Å². The lowest BCUT2D eigenvalue weighted by Gasteiger charge is -2.12. The summed E-state index contributed by atoms with van der Waals surface area (Å²) in [5, 5.41) is 11.7. The second-order valence-corrected chi connectivity index (χ2v) is 4.52. The first-order valence-electron chi connectivity index (χ1n) is 5.57. The Morgan fingerprint density at radius 1 is 1.24 bits per heavy atom. The van der Waals surface area contributed by atoms with Gasteiger partial charge in [0.15, 0.2) is 0 Å². The Balaban J connectivity index is 3.25. The van der Waals surface area contributed by atoms with Crippen molar-refractivity contribution in [1.82, 2.24) is 0 Å². The summed E-state index contributed by atoms with van der Waals surface area (Å²) in [4.78, 5) is 34.1. The third-order valence-corrected chi connectivity index (χ3v) is 3.03. The van der Waals surface area contributed by atoms with Crippen molar-refractivity contribution in [2.75, 3.05) is 19.5 Å². The normalized spacial score (nSPS) is 10.7. The van der Waals surface area contributed by atoms with E-state index in [9.17, 15) is 19.5 Å². The van der Waals surface area contributed by atoms with Crippen LogP contribution in [0, 0.1) is 0 Å². The summed E-state index contributed by atoms with van der Waals surface area (Å²) in [7, 11) is 2.28. The largest absolute Gasteiger partial charge is 0.478 e. The van der Waals surface area contributed by atoms with E-state index in [1.807, 2.05) is 0 Å². The van der Waals surface area contributed by atoms with Gasteiger partial charge in [-0.05, 0) is 28.1 Å². The molecule has 1 rings (SSSR count). The molecule has 0 aliphatic heterocycles. The Morgan fingerprint density at radius 3 is 2.43 bits per heavy atom. The molecule has 0 amide bonds.